The fourth-order valence-corrected chi connectivity index (χ4v) is 3.16. The molecule has 0 atom stereocenters. The third kappa shape index (κ3) is 3.77. The van der Waals surface area contributed by atoms with Gasteiger partial charge in [0.1, 0.15) is 5.69 Å². The number of nitrogens with two attached hydrogens (primary N) is 2. The lowest BCUT2D eigenvalue weighted by molar-refractivity contribution is 0.407. The number of nitrogens with one attached hydrogen (secondary N) is 1. The number of aryl methyl sites for hydroxylation is 1. The van der Waals surface area contributed by atoms with E-state index in [2.05, 4.69) is 15.3 Å². The molecule has 0 unspecified atom stereocenters. The largest absolute Gasteiger partial charge is 0.491 e. The molecule has 0 aliphatic rings. The van der Waals surface area contributed by atoms with Crippen molar-refractivity contribution >= 4 is 39.9 Å². The van der Waals surface area contributed by atoms with E-state index >= 15 is 0 Å². The fourth-order valence-electron chi connectivity index (χ4n) is 1.67. The Bertz CT molecular complexity index is 744. The van der Waals surface area contributed by atoms with Gasteiger partial charge in [0.15, 0.2) is 11.7 Å². The van der Waals surface area contributed by atoms with Crippen LogP contribution in [0.3, 0.4) is 0 Å². The molecule has 0 amide bonds. The number of rotatable bonds is 8. The highest BCUT2D eigenvalue weighted by Crippen LogP contribution is 2.20. The molecule has 8 nitrogen and oxygen atoms in total. The minimum absolute atomic E-state index is 0.0126. The minimum Gasteiger partial charge on any atom is -0.491 e. The zero-order valence-corrected chi connectivity index (χ0v) is 13.4. The Morgan fingerprint density at radius 1 is 1.45 bits per heavy atom. The van der Waals surface area contributed by atoms with Gasteiger partial charge >= 0.3 is 0 Å². The van der Waals surface area contributed by atoms with Crippen molar-refractivity contribution in [2.45, 2.75) is 6.42 Å². The average Bonchev–Trinajstić information content (AvgIpc) is 2.91. The Morgan fingerprint density at radius 3 is 2.91 bits per heavy atom. The monoisotopic (exact) mass is 341 g/mol. The zero-order valence-electron chi connectivity index (χ0n) is 11.8. The van der Waals surface area contributed by atoms with Gasteiger partial charge in [-0.05, 0) is 6.42 Å². The van der Waals surface area contributed by atoms with Crippen molar-refractivity contribution in [3.05, 3.63) is 31.5 Å². The van der Waals surface area contributed by atoms with Crippen LogP contribution in [-0.2, 0) is 6.42 Å². The van der Waals surface area contributed by atoms with Gasteiger partial charge in [-0.15, -0.1) is 23.1 Å². The van der Waals surface area contributed by atoms with E-state index in [1.807, 2.05) is 5.38 Å². The van der Waals surface area contributed by atoms with Crippen LogP contribution in [0.2, 0.25) is 0 Å². The molecule has 118 valence electrons. The number of thiazole rings is 1. The first-order valence-electron chi connectivity index (χ1n) is 6.26. The lowest BCUT2D eigenvalue weighted by atomic mass is 10.2. The van der Waals surface area contributed by atoms with E-state index in [0.29, 0.717) is 11.0 Å². The molecule has 22 heavy (non-hydrogen) atoms. The number of aliphatic imine (C=N–C) groups is 1. The summed E-state index contributed by atoms with van der Waals surface area (Å²) in [5.74, 6) is 1.40. The van der Waals surface area contributed by atoms with Crippen LogP contribution < -0.4 is 32.4 Å². The molecule has 0 spiro atoms. The standard InChI is InChI=1S/C12H15N5O3S2/c1-20-10-7(8(18)9(10)19)15-5-21-3-2-6-4-22-12(16-6)17-11(13)14/h4,15H,2-3,5H2,1H3,(H4,13,14,16,17). The first-order chi connectivity index (χ1) is 10.5. The topological polar surface area (TPSA) is 133 Å². The van der Waals surface area contributed by atoms with Gasteiger partial charge < -0.3 is 21.5 Å². The predicted molar refractivity (Wildman–Crippen MR) is 90.1 cm³/mol. The van der Waals surface area contributed by atoms with Crippen molar-refractivity contribution in [2.75, 3.05) is 24.1 Å². The van der Waals surface area contributed by atoms with Crippen LogP contribution in [0.1, 0.15) is 5.69 Å². The quantitative estimate of drug-likeness (QED) is 0.201. The van der Waals surface area contributed by atoms with Crippen molar-refractivity contribution < 1.29 is 4.74 Å². The van der Waals surface area contributed by atoms with Crippen molar-refractivity contribution in [2.24, 2.45) is 16.5 Å². The van der Waals surface area contributed by atoms with Crippen LogP contribution in [0.25, 0.3) is 0 Å². The Kier molecular flexibility index (Phi) is 5.39. The minimum atomic E-state index is -0.579. The van der Waals surface area contributed by atoms with E-state index in [1.54, 1.807) is 11.8 Å². The molecular weight excluding hydrogens is 326 g/mol. The number of guanidine groups is 1. The lowest BCUT2D eigenvalue weighted by Gasteiger charge is -2.11. The highest BCUT2D eigenvalue weighted by atomic mass is 32.2. The third-order valence-corrected chi connectivity index (χ3v) is 4.31. The number of aromatic nitrogens is 1. The Hall–Kier alpha value is -2.07. The summed E-state index contributed by atoms with van der Waals surface area (Å²) in [6.07, 6.45) is 0.756. The number of nitrogens with zero attached hydrogens (tertiary/aromatic N) is 2. The van der Waals surface area contributed by atoms with Gasteiger partial charge in [-0.3, -0.25) is 9.59 Å². The van der Waals surface area contributed by atoms with Crippen molar-refractivity contribution in [1.82, 2.24) is 4.98 Å². The van der Waals surface area contributed by atoms with Crippen LogP contribution in [0.4, 0.5) is 10.8 Å². The van der Waals surface area contributed by atoms with Crippen LogP contribution in [-0.4, -0.2) is 29.7 Å². The maximum atomic E-state index is 11.3. The van der Waals surface area contributed by atoms with Crippen molar-refractivity contribution in [3.8, 4) is 5.75 Å². The highest BCUT2D eigenvalue weighted by molar-refractivity contribution is 7.99. The van der Waals surface area contributed by atoms with Gasteiger partial charge in [-0.25, -0.2) is 4.98 Å². The molecule has 10 heteroatoms. The molecule has 0 fully saturated rings. The van der Waals surface area contributed by atoms with Crippen LogP contribution in [0.5, 0.6) is 5.75 Å². The van der Waals surface area contributed by atoms with E-state index in [-0.39, 0.29) is 17.4 Å². The smallest absolute Gasteiger partial charge is 0.271 e. The number of methoxy groups -OCH3 is 1. The predicted octanol–water partition coefficient (Wildman–Crippen LogP) is -0.00210. The third-order valence-electron chi connectivity index (χ3n) is 2.69. The van der Waals surface area contributed by atoms with E-state index in [9.17, 15) is 9.59 Å². The normalized spacial score (nSPS) is 10.6. The molecule has 0 bridgehead atoms. The summed E-state index contributed by atoms with van der Waals surface area (Å²) in [4.78, 5) is 30.6. The molecule has 0 aliphatic heterocycles. The van der Waals surface area contributed by atoms with E-state index in [0.717, 1.165) is 17.9 Å². The van der Waals surface area contributed by atoms with Gasteiger partial charge in [0.2, 0.25) is 5.13 Å². The van der Waals surface area contributed by atoms with Crippen molar-refractivity contribution in [3.63, 3.8) is 0 Å². The summed E-state index contributed by atoms with van der Waals surface area (Å²) in [7, 11) is 1.37. The van der Waals surface area contributed by atoms with Crippen molar-refractivity contribution in [1.29, 1.82) is 0 Å². The lowest BCUT2D eigenvalue weighted by Crippen LogP contribution is -2.35. The summed E-state index contributed by atoms with van der Waals surface area (Å²) >= 11 is 2.95. The summed E-state index contributed by atoms with van der Waals surface area (Å²) in [6, 6.07) is 0. The molecule has 1 aromatic heterocycles. The fraction of sp³-hybridized carbons (Fsp3) is 0.333. The first-order valence-corrected chi connectivity index (χ1v) is 8.29. The molecule has 0 saturated carbocycles. The second kappa shape index (κ2) is 7.27. The van der Waals surface area contributed by atoms with Crippen LogP contribution in [0.15, 0.2) is 20.0 Å². The van der Waals surface area contributed by atoms with Crippen LogP contribution >= 0.6 is 23.1 Å². The Morgan fingerprint density at radius 2 is 2.23 bits per heavy atom. The number of ether oxygens (including phenoxy) is 1. The summed E-state index contributed by atoms with van der Waals surface area (Å²) < 4.78 is 4.84. The molecule has 1 aromatic carbocycles. The molecular formula is C12H15N5O3S2. The van der Waals surface area contributed by atoms with Crippen LogP contribution in [0, 0.1) is 0 Å². The number of hydrogen-bond acceptors (Lipinski definition) is 8. The number of hydrogen-bond donors (Lipinski definition) is 3. The van der Waals surface area contributed by atoms with E-state index < -0.39 is 10.9 Å². The van der Waals surface area contributed by atoms with Gasteiger partial charge in [0.05, 0.1) is 18.7 Å². The summed E-state index contributed by atoms with van der Waals surface area (Å²) in [5.41, 5.74) is 10.6. The SMILES string of the molecule is COc1c(NCSCCc2csc(N=C(N)N)n2)c(=O)c1=O. The average molecular weight is 341 g/mol. The Labute approximate surface area is 134 Å². The summed E-state index contributed by atoms with van der Waals surface area (Å²) in [6.45, 7) is 0. The molecule has 0 aliphatic carbocycles. The maximum absolute atomic E-state index is 11.3. The molecule has 5 N–H and O–H groups in total. The van der Waals surface area contributed by atoms with E-state index in [4.69, 9.17) is 16.2 Å². The Balaban J connectivity index is 1.73. The molecule has 2 aromatic rings. The van der Waals surface area contributed by atoms with Gasteiger partial charge in [0.25, 0.3) is 10.9 Å². The maximum Gasteiger partial charge on any atom is 0.271 e. The molecule has 0 radical (unpaired) electrons. The first kappa shape index (κ1) is 16.3. The van der Waals surface area contributed by atoms with Gasteiger partial charge in [0, 0.05) is 11.1 Å². The van der Waals surface area contributed by atoms with Gasteiger partial charge in [-0.1, -0.05) is 0 Å². The highest BCUT2D eigenvalue weighted by Gasteiger charge is 2.20. The molecule has 0 saturated heterocycles. The second-order valence-corrected chi connectivity index (χ2v) is 6.15. The zero-order chi connectivity index (χ0) is 16.1. The molecule has 1 heterocycles. The number of thioether (sulfide) groups is 1. The number of anilines is 1. The van der Waals surface area contributed by atoms with Gasteiger partial charge in [-0.2, -0.15) is 4.99 Å². The molecule has 2 rings (SSSR count). The second-order valence-electron chi connectivity index (χ2n) is 4.20. The summed E-state index contributed by atoms with van der Waals surface area (Å²) in [5, 5.41) is 5.32. The van der Waals surface area contributed by atoms with E-state index in [1.165, 1.54) is 18.4 Å².